The minimum Gasteiger partial charge on any atom is -0.503 e. The van der Waals surface area contributed by atoms with Crippen LogP contribution < -0.4 is 4.57 Å². The van der Waals surface area contributed by atoms with E-state index in [1.165, 1.54) is 0 Å². The van der Waals surface area contributed by atoms with Gasteiger partial charge in [-0.15, -0.1) is 0 Å². The van der Waals surface area contributed by atoms with Crippen LogP contribution in [0.5, 0.6) is 5.75 Å². The first-order valence-electron chi connectivity index (χ1n) is 5.85. The monoisotopic (exact) mass is 242 g/mol. The van der Waals surface area contributed by atoms with E-state index >= 15 is 0 Å². The zero-order valence-corrected chi connectivity index (χ0v) is 10.6. The number of aryl methyl sites for hydroxylation is 2. The minimum absolute atomic E-state index is 0.0445. The van der Waals surface area contributed by atoms with Crippen LogP contribution in [0, 0.1) is 13.8 Å². The number of nitrogens with zero attached hydrogens (tertiary/aromatic N) is 1. The summed E-state index contributed by atoms with van der Waals surface area (Å²) >= 11 is 0. The summed E-state index contributed by atoms with van der Waals surface area (Å²) in [7, 11) is 0. The number of carbonyl (C=O) groups is 1. The Kier molecular flexibility index (Phi) is 3.42. The smallest absolute Gasteiger partial charge is 0.227 e. The number of pyridine rings is 1. The van der Waals surface area contributed by atoms with Crippen LogP contribution in [0.4, 0.5) is 0 Å². The lowest BCUT2D eigenvalue weighted by Crippen LogP contribution is -2.37. The number of Topliss-reactive ketones (excluding diaryl/α,β-unsaturated/α-hetero) is 1. The zero-order chi connectivity index (χ0) is 13.1. The highest BCUT2D eigenvalue weighted by molar-refractivity contribution is 5.96. The lowest BCUT2D eigenvalue weighted by Gasteiger charge is -2.04. The summed E-state index contributed by atoms with van der Waals surface area (Å²) in [4.78, 5) is 12.2. The highest BCUT2D eigenvalue weighted by Gasteiger charge is 2.14. The Morgan fingerprint density at radius 3 is 2.72 bits per heavy atom. The van der Waals surface area contributed by atoms with Gasteiger partial charge in [0, 0.05) is 11.6 Å². The van der Waals surface area contributed by atoms with Crippen molar-refractivity contribution in [2.45, 2.75) is 20.4 Å². The van der Waals surface area contributed by atoms with Crippen molar-refractivity contribution in [3.05, 3.63) is 59.4 Å². The summed E-state index contributed by atoms with van der Waals surface area (Å²) in [5.74, 6) is 0.203. The molecule has 92 valence electrons. The van der Waals surface area contributed by atoms with Crippen LogP contribution >= 0.6 is 0 Å². The Bertz CT molecular complexity index is 591. The maximum atomic E-state index is 12.2. The van der Waals surface area contributed by atoms with E-state index in [2.05, 4.69) is 0 Å². The van der Waals surface area contributed by atoms with E-state index in [1.54, 1.807) is 29.1 Å². The fraction of sp³-hybridized carbons (Fsp3) is 0.200. The third-order valence-corrected chi connectivity index (χ3v) is 2.85. The van der Waals surface area contributed by atoms with Gasteiger partial charge >= 0.3 is 0 Å². The molecule has 0 atom stereocenters. The predicted octanol–water partition coefficient (Wildman–Crippen LogP) is 2.18. The summed E-state index contributed by atoms with van der Waals surface area (Å²) in [6.07, 6.45) is 3.31. The first kappa shape index (κ1) is 12.3. The molecule has 0 aliphatic heterocycles. The normalized spacial score (nSPS) is 10.3. The third-order valence-electron chi connectivity index (χ3n) is 2.85. The molecular formula is C15H16NO2+. The maximum absolute atomic E-state index is 12.2. The van der Waals surface area contributed by atoms with Gasteiger partial charge in [-0.2, -0.15) is 4.57 Å². The van der Waals surface area contributed by atoms with Gasteiger partial charge < -0.3 is 5.11 Å². The molecule has 0 unspecified atom stereocenters. The second kappa shape index (κ2) is 5.00. The molecule has 2 aromatic rings. The van der Waals surface area contributed by atoms with E-state index < -0.39 is 0 Å². The quantitative estimate of drug-likeness (QED) is 0.662. The molecule has 0 radical (unpaired) electrons. The standard InChI is InChI=1S/C15H15NO2/c1-11-5-6-14(12(2)8-11)15(18)10-16-7-3-4-13(17)9-16/h3-9H,10H2,1-2H3/p+1. The van der Waals surface area contributed by atoms with E-state index in [4.69, 9.17) is 0 Å². The lowest BCUT2D eigenvalue weighted by atomic mass is 10.0. The Morgan fingerprint density at radius 2 is 2.06 bits per heavy atom. The summed E-state index contributed by atoms with van der Waals surface area (Å²) in [6.45, 7) is 4.18. The van der Waals surface area contributed by atoms with Crippen molar-refractivity contribution in [2.75, 3.05) is 0 Å². The number of carbonyl (C=O) groups excluding carboxylic acids is 1. The van der Waals surface area contributed by atoms with Crippen LogP contribution in [0.25, 0.3) is 0 Å². The second-order valence-corrected chi connectivity index (χ2v) is 4.48. The van der Waals surface area contributed by atoms with Gasteiger partial charge in [0.05, 0.1) is 0 Å². The predicted molar refractivity (Wildman–Crippen MR) is 68.5 cm³/mol. The summed E-state index contributed by atoms with van der Waals surface area (Å²) in [5.41, 5.74) is 2.87. The maximum Gasteiger partial charge on any atom is 0.227 e. The van der Waals surface area contributed by atoms with Crippen molar-refractivity contribution in [1.82, 2.24) is 0 Å². The lowest BCUT2D eigenvalue weighted by molar-refractivity contribution is -0.683. The van der Waals surface area contributed by atoms with Crippen LogP contribution in [0.15, 0.2) is 42.7 Å². The van der Waals surface area contributed by atoms with Crippen LogP contribution in [-0.2, 0) is 6.54 Å². The van der Waals surface area contributed by atoms with Crippen molar-refractivity contribution in [3.8, 4) is 5.75 Å². The Balaban J connectivity index is 2.22. The van der Waals surface area contributed by atoms with Crippen LogP contribution in [-0.4, -0.2) is 10.9 Å². The Hall–Kier alpha value is -2.16. The molecule has 18 heavy (non-hydrogen) atoms. The van der Waals surface area contributed by atoms with E-state index in [0.29, 0.717) is 0 Å². The van der Waals surface area contributed by atoms with Crippen molar-refractivity contribution in [3.63, 3.8) is 0 Å². The molecule has 0 saturated heterocycles. The molecule has 1 aromatic heterocycles. The van der Waals surface area contributed by atoms with Gasteiger partial charge in [0.1, 0.15) is 0 Å². The molecule has 0 amide bonds. The topological polar surface area (TPSA) is 41.2 Å². The van der Waals surface area contributed by atoms with Gasteiger partial charge in [-0.05, 0) is 25.5 Å². The van der Waals surface area contributed by atoms with Crippen LogP contribution in [0.1, 0.15) is 21.5 Å². The Morgan fingerprint density at radius 1 is 1.28 bits per heavy atom. The molecule has 1 heterocycles. The molecular weight excluding hydrogens is 226 g/mol. The molecule has 0 spiro atoms. The molecule has 0 aliphatic carbocycles. The van der Waals surface area contributed by atoms with Gasteiger partial charge in [0.15, 0.2) is 11.9 Å². The van der Waals surface area contributed by atoms with E-state index in [0.717, 1.165) is 16.7 Å². The van der Waals surface area contributed by atoms with Crippen molar-refractivity contribution < 1.29 is 14.5 Å². The van der Waals surface area contributed by atoms with Gasteiger partial charge in [0.25, 0.3) is 0 Å². The SMILES string of the molecule is Cc1ccc(C(=O)C[n+]2cccc(O)c2)c(C)c1. The van der Waals surface area contributed by atoms with Crippen LogP contribution in [0.3, 0.4) is 0 Å². The molecule has 0 aliphatic rings. The largest absolute Gasteiger partial charge is 0.503 e. The summed E-state index contributed by atoms with van der Waals surface area (Å²) in [5, 5.41) is 9.36. The molecule has 1 aromatic carbocycles. The molecule has 3 nitrogen and oxygen atoms in total. The number of aromatic hydroxyl groups is 1. The number of hydrogen-bond acceptors (Lipinski definition) is 2. The molecule has 1 N–H and O–H groups in total. The fourth-order valence-corrected chi connectivity index (χ4v) is 1.98. The summed E-state index contributed by atoms with van der Waals surface area (Å²) in [6, 6.07) is 9.09. The second-order valence-electron chi connectivity index (χ2n) is 4.48. The Labute approximate surface area is 106 Å². The number of aromatic nitrogens is 1. The van der Waals surface area contributed by atoms with Crippen molar-refractivity contribution in [1.29, 1.82) is 0 Å². The fourth-order valence-electron chi connectivity index (χ4n) is 1.98. The van der Waals surface area contributed by atoms with Gasteiger partial charge in [-0.1, -0.05) is 23.8 Å². The number of ketones is 1. The summed E-state index contributed by atoms with van der Waals surface area (Å²) < 4.78 is 1.68. The van der Waals surface area contributed by atoms with Crippen LogP contribution in [0.2, 0.25) is 0 Å². The van der Waals surface area contributed by atoms with Crippen molar-refractivity contribution in [2.24, 2.45) is 0 Å². The highest BCUT2D eigenvalue weighted by Crippen LogP contribution is 2.11. The van der Waals surface area contributed by atoms with Gasteiger partial charge in [-0.3, -0.25) is 4.79 Å². The molecule has 0 saturated carbocycles. The van der Waals surface area contributed by atoms with Gasteiger partial charge in [-0.25, -0.2) is 0 Å². The van der Waals surface area contributed by atoms with Crippen molar-refractivity contribution >= 4 is 5.78 Å². The van der Waals surface area contributed by atoms with E-state index in [1.807, 2.05) is 32.0 Å². The first-order chi connectivity index (χ1) is 8.56. The zero-order valence-electron chi connectivity index (χ0n) is 10.6. The molecule has 2 rings (SSSR count). The molecule has 0 fully saturated rings. The average Bonchev–Trinajstić information content (AvgIpc) is 2.28. The number of benzene rings is 1. The average molecular weight is 242 g/mol. The minimum atomic E-state index is 0.0445. The molecule has 0 bridgehead atoms. The van der Waals surface area contributed by atoms with E-state index in [9.17, 15) is 9.90 Å². The number of rotatable bonds is 3. The van der Waals surface area contributed by atoms with E-state index in [-0.39, 0.29) is 18.1 Å². The third kappa shape index (κ3) is 2.74. The highest BCUT2D eigenvalue weighted by atomic mass is 16.3. The first-order valence-corrected chi connectivity index (χ1v) is 5.85. The number of hydrogen-bond donors (Lipinski definition) is 1. The molecule has 3 heteroatoms. The van der Waals surface area contributed by atoms with Gasteiger partial charge in [0.2, 0.25) is 18.5 Å².